The van der Waals surface area contributed by atoms with E-state index in [4.69, 9.17) is 18.9 Å². The fourth-order valence-corrected chi connectivity index (χ4v) is 2.74. The summed E-state index contributed by atoms with van der Waals surface area (Å²) in [5.74, 6) is 1.82. The van der Waals surface area contributed by atoms with Crippen molar-refractivity contribution >= 4 is 12.4 Å². The maximum absolute atomic E-state index is 14.1. The predicted octanol–water partition coefficient (Wildman–Crippen LogP) is 4.13. The van der Waals surface area contributed by atoms with Crippen LogP contribution in [0.2, 0.25) is 0 Å². The van der Waals surface area contributed by atoms with Gasteiger partial charge in [-0.1, -0.05) is 0 Å². The molecule has 0 fully saturated rings. The van der Waals surface area contributed by atoms with Gasteiger partial charge in [0.1, 0.15) is 5.82 Å². The summed E-state index contributed by atoms with van der Waals surface area (Å²) in [6.07, 6.45) is 3.42. The SMILES string of the molecule is COc1ccc(-c2nccn2-c2cc(OC)c(OC)c(OC)c2)cc1F.Cl. The van der Waals surface area contributed by atoms with Gasteiger partial charge in [0.25, 0.3) is 0 Å². The molecule has 0 spiro atoms. The van der Waals surface area contributed by atoms with Gasteiger partial charge in [0, 0.05) is 30.1 Å². The highest BCUT2D eigenvalue weighted by atomic mass is 35.5. The number of hydrogen-bond acceptors (Lipinski definition) is 5. The molecule has 0 aliphatic carbocycles. The molecule has 1 aromatic heterocycles. The molecule has 144 valence electrons. The van der Waals surface area contributed by atoms with Crippen molar-refractivity contribution in [3.05, 3.63) is 48.5 Å². The smallest absolute Gasteiger partial charge is 0.203 e. The Kier molecular flexibility index (Phi) is 6.52. The molecule has 0 N–H and O–H groups in total. The summed E-state index contributed by atoms with van der Waals surface area (Å²) in [7, 11) is 6.07. The van der Waals surface area contributed by atoms with Crippen LogP contribution in [0.15, 0.2) is 42.7 Å². The van der Waals surface area contributed by atoms with Crippen molar-refractivity contribution in [3.63, 3.8) is 0 Å². The Balaban J connectivity index is 0.00000261. The van der Waals surface area contributed by atoms with Crippen LogP contribution in [0.4, 0.5) is 4.39 Å². The lowest BCUT2D eigenvalue weighted by Crippen LogP contribution is -2.01. The largest absolute Gasteiger partial charge is 0.494 e. The van der Waals surface area contributed by atoms with Gasteiger partial charge in [-0.05, 0) is 18.2 Å². The average molecular weight is 395 g/mol. The zero-order chi connectivity index (χ0) is 18.7. The Hall–Kier alpha value is -2.93. The number of aromatic nitrogens is 2. The number of methoxy groups -OCH3 is 4. The van der Waals surface area contributed by atoms with Gasteiger partial charge in [-0.25, -0.2) is 9.37 Å². The first-order valence-electron chi connectivity index (χ1n) is 7.80. The van der Waals surface area contributed by atoms with Crippen LogP contribution in [0.5, 0.6) is 23.0 Å². The fraction of sp³-hybridized carbons (Fsp3) is 0.211. The quantitative estimate of drug-likeness (QED) is 0.629. The minimum absolute atomic E-state index is 0. The molecule has 27 heavy (non-hydrogen) atoms. The van der Waals surface area contributed by atoms with Crippen molar-refractivity contribution in [1.29, 1.82) is 0 Å². The van der Waals surface area contributed by atoms with Crippen LogP contribution >= 0.6 is 12.4 Å². The topological polar surface area (TPSA) is 54.7 Å². The number of benzene rings is 2. The maximum Gasteiger partial charge on any atom is 0.203 e. The Labute approximate surface area is 162 Å². The highest BCUT2D eigenvalue weighted by Gasteiger charge is 2.17. The number of imidazole rings is 1. The Morgan fingerprint density at radius 2 is 1.48 bits per heavy atom. The van der Waals surface area contributed by atoms with Gasteiger partial charge in [-0.15, -0.1) is 12.4 Å². The second-order valence-electron chi connectivity index (χ2n) is 5.35. The van der Waals surface area contributed by atoms with E-state index in [0.29, 0.717) is 28.6 Å². The molecule has 8 heteroatoms. The monoisotopic (exact) mass is 394 g/mol. The van der Waals surface area contributed by atoms with Crippen molar-refractivity contribution in [2.24, 2.45) is 0 Å². The van der Waals surface area contributed by atoms with Crippen LogP contribution in [0.25, 0.3) is 17.1 Å². The van der Waals surface area contributed by atoms with Crippen molar-refractivity contribution in [2.45, 2.75) is 0 Å². The second kappa shape index (κ2) is 8.64. The molecule has 0 saturated heterocycles. The molecule has 0 radical (unpaired) electrons. The van der Waals surface area contributed by atoms with Gasteiger partial charge in [0.15, 0.2) is 23.1 Å². The van der Waals surface area contributed by atoms with Crippen molar-refractivity contribution in [3.8, 4) is 40.1 Å². The van der Waals surface area contributed by atoms with Gasteiger partial charge >= 0.3 is 0 Å². The summed E-state index contributed by atoms with van der Waals surface area (Å²) in [5.41, 5.74) is 1.35. The van der Waals surface area contributed by atoms with Crippen LogP contribution in [-0.2, 0) is 0 Å². The maximum atomic E-state index is 14.1. The summed E-state index contributed by atoms with van der Waals surface area (Å²) in [4.78, 5) is 4.36. The first-order valence-corrected chi connectivity index (χ1v) is 7.80. The summed E-state index contributed by atoms with van der Waals surface area (Å²) in [6.45, 7) is 0. The van der Waals surface area contributed by atoms with Gasteiger partial charge in [-0.2, -0.15) is 0 Å². The molecular formula is C19H20ClFN2O4. The summed E-state index contributed by atoms with van der Waals surface area (Å²) in [6, 6.07) is 8.30. The first-order chi connectivity index (χ1) is 12.6. The van der Waals surface area contributed by atoms with Crippen LogP contribution in [-0.4, -0.2) is 38.0 Å². The molecular weight excluding hydrogens is 375 g/mol. The van der Waals surface area contributed by atoms with E-state index in [2.05, 4.69) is 4.98 Å². The van der Waals surface area contributed by atoms with Crippen LogP contribution in [0.1, 0.15) is 0 Å². The number of halogens is 2. The molecule has 0 unspecified atom stereocenters. The lowest BCUT2D eigenvalue weighted by atomic mass is 10.2. The third-order valence-electron chi connectivity index (χ3n) is 3.98. The van der Waals surface area contributed by atoms with E-state index in [0.717, 1.165) is 5.69 Å². The highest BCUT2D eigenvalue weighted by Crippen LogP contribution is 2.40. The van der Waals surface area contributed by atoms with E-state index in [1.165, 1.54) is 13.2 Å². The predicted molar refractivity (Wildman–Crippen MR) is 102 cm³/mol. The molecule has 0 bridgehead atoms. The van der Waals surface area contributed by atoms with Crippen LogP contribution in [0.3, 0.4) is 0 Å². The summed E-state index contributed by atoms with van der Waals surface area (Å²) >= 11 is 0. The average Bonchev–Trinajstić information content (AvgIpc) is 3.16. The molecule has 0 saturated carbocycles. The molecule has 6 nitrogen and oxygen atoms in total. The lowest BCUT2D eigenvalue weighted by molar-refractivity contribution is 0.324. The van der Waals surface area contributed by atoms with E-state index in [1.807, 2.05) is 4.57 Å². The van der Waals surface area contributed by atoms with E-state index >= 15 is 0 Å². The molecule has 0 aliphatic heterocycles. The van der Waals surface area contributed by atoms with E-state index < -0.39 is 5.82 Å². The normalized spacial score (nSPS) is 10.1. The Morgan fingerprint density at radius 1 is 0.852 bits per heavy atom. The third kappa shape index (κ3) is 3.78. The summed E-state index contributed by atoms with van der Waals surface area (Å²) in [5, 5.41) is 0. The molecule has 1 heterocycles. The highest BCUT2D eigenvalue weighted by molar-refractivity contribution is 5.85. The number of rotatable bonds is 6. The van der Waals surface area contributed by atoms with E-state index in [-0.39, 0.29) is 18.2 Å². The molecule has 0 amide bonds. The van der Waals surface area contributed by atoms with Gasteiger partial charge in [0.2, 0.25) is 5.75 Å². The summed E-state index contributed by atoms with van der Waals surface area (Å²) < 4.78 is 37.0. The van der Waals surface area contributed by atoms with Gasteiger partial charge in [0.05, 0.1) is 34.1 Å². The zero-order valence-electron chi connectivity index (χ0n) is 15.4. The molecule has 3 rings (SSSR count). The number of nitrogens with zero attached hydrogens (tertiary/aromatic N) is 2. The minimum atomic E-state index is -0.454. The molecule has 2 aromatic carbocycles. The minimum Gasteiger partial charge on any atom is -0.494 e. The Morgan fingerprint density at radius 3 is 2.00 bits per heavy atom. The van der Waals surface area contributed by atoms with Crippen molar-refractivity contribution in [1.82, 2.24) is 9.55 Å². The number of ether oxygens (including phenoxy) is 4. The van der Waals surface area contributed by atoms with E-state index in [9.17, 15) is 4.39 Å². The Bertz CT molecular complexity index is 905. The third-order valence-corrected chi connectivity index (χ3v) is 3.98. The number of hydrogen-bond donors (Lipinski definition) is 0. The molecule has 0 aliphatic rings. The second-order valence-corrected chi connectivity index (χ2v) is 5.35. The van der Waals surface area contributed by atoms with Crippen LogP contribution in [0, 0.1) is 5.82 Å². The van der Waals surface area contributed by atoms with Crippen molar-refractivity contribution < 1.29 is 23.3 Å². The fourth-order valence-electron chi connectivity index (χ4n) is 2.74. The molecule has 3 aromatic rings. The first kappa shape index (κ1) is 20.4. The zero-order valence-corrected chi connectivity index (χ0v) is 16.2. The van der Waals surface area contributed by atoms with Gasteiger partial charge in [-0.3, -0.25) is 4.57 Å². The van der Waals surface area contributed by atoms with E-state index in [1.54, 1.807) is 58.0 Å². The van der Waals surface area contributed by atoms with Crippen molar-refractivity contribution in [2.75, 3.05) is 28.4 Å². The lowest BCUT2D eigenvalue weighted by Gasteiger charge is -2.16. The molecule has 0 atom stereocenters. The standard InChI is InChI=1S/C19H19FN2O4.ClH/c1-23-15-6-5-12(9-14(15)20)19-21-7-8-22(19)13-10-16(24-2)18(26-4)17(11-13)25-3;/h5-11H,1-4H3;1H. The van der Waals surface area contributed by atoms with Gasteiger partial charge < -0.3 is 18.9 Å². The van der Waals surface area contributed by atoms with Crippen LogP contribution < -0.4 is 18.9 Å².